The Kier molecular flexibility index (Phi) is 2.68. The van der Waals surface area contributed by atoms with Crippen molar-refractivity contribution in [1.82, 2.24) is 10.2 Å². The standard InChI is InChI=1S/C17H19N3OS/c21-17(20-12-10-18-11-13-20)19-15-8-4-5-9-16(15)22-14-6-2-1-3-7-14/h1-9,18H,10-13H2,(H,19,21)/i10D2,11D2,12D2,13D2. The van der Waals surface area contributed by atoms with Crippen molar-refractivity contribution < 1.29 is 15.8 Å². The van der Waals surface area contributed by atoms with Crippen LogP contribution in [-0.2, 0) is 0 Å². The topological polar surface area (TPSA) is 44.4 Å². The van der Waals surface area contributed by atoms with Gasteiger partial charge in [-0.15, -0.1) is 0 Å². The average molecular weight is 321 g/mol. The molecule has 0 unspecified atom stereocenters. The summed E-state index contributed by atoms with van der Waals surface area (Å²) < 4.78 is 63.3. The summed E-state index contributed by atoms with van der Waals surface area (Å²) in [7, 11) is 0. The lowest BCUT2D eigenvalue weighted by molar-refractivity contribution is 0.204. The first-order valence-electron chi connectivity index (χ1n) is 10.5. The molecule has 2 N–H and O–H groups in total. The number of hydrogen-bond acceptors (Lipinski definition) is 3. The zero-order chi connectivity index (χ0) is 22.4. The largest absolute Gasteiger partial charge is 0.322 e. The maximum absolute atomic E-state index is 12.9. The summed E-state index contributed by atoms with van der Waals surface area (Å²) >= 11 is 1.32. The zero-order valence-corrected chi connectivity index (χ0v) is 12.3. The van der Waals surface area contributed by atoms with Crippen LogP contribution in [0.5, 0.6) is 0 Å². The molecule has 3 rings (SSSR count). The van der Waals surface area contributed by atoms with E-state index in [-0.39, 0.29) is 10.6 Å². The molecule has 0 spiro atoms. The highest BCUT2D eigenvalue weighted by Gasteiger charge is 2.17. The second-order valence-corrected chi connectivity index (χ2v) is 5.39. The number of urea groups is 1. The van der Waals surface area contributed by atoms with Gasteiger partial charge >= 0.3 is 6.03 Å². The van der Waals surface area contributed by atoms with E-state index in [1.807, 2.05) is 30.3 Å². The van der Waals surface area contributed by atoms with Gasteiger partial charge in [0.15, 0.2) is 0 Å². The molecule has 1 aliphatic heterocycles. The lowest BCUT2D eigenvalue weighted by Crippen LogP contribution is -2.48. The lowest BCUT2D eigenvalue weighted by Gasteiger charge is -2.27. The Hall–Kier alpha value is -1.98. The summed E-state index contributed by atoms with van der Waals surface area (Å²) in [5.41, 5.74) is 0.252. The van der Waals surface area contributed by atoms with E-state index in [4.69, 9.17) is 11.0 Å². The molecule has 5 heteroatoms. The maximum atomic E-state index is 12.9. The third-order valence-corrected chi connectivity index (χ3v) is 3.85. The van der Waals surface area contributed by atoms with Crippen molar-refractivity contribution in [3.63, 3.8) is 0 Å². The molecule has 1 saturated heterocycles. The Morgan fingerprint density at radius 1 is 1.09 bits per heavy atom. The molecule has 0 aliphatic carbocycles. The third kappa shape index (κ3) is 3.81. The second kappa shape index (κ2) is 7.33. The van der Waals surface area contributed by atoms with Crippen LogP contribution in [0.25, 0.3) is 0 Å². The van der Waals surface area contributed by atoms with Gasteiger partial charge in [0.25, 0.3) is 0 Å². The summed E-state index contributed by atoms with van der Waals surface area (Å²) in [5, 5.41) is 4.11. The van der Waals surface area contributed by atoms with Crippen LogP contribution in [0.15, 0.2) is 64.4 Å². The van der Waals surface area contributed by atoms with Gasteiger partial charge in [0, 0.05) is 41.3 Å². The number of piperazine rings is 1. The number of hydrogen-bond donors (Lipinski definition) is 2. The fraction of sp³-hybridized carbons (Fsp3) is 0.235. The van der Waals surface area contributed by atoms with Crippen LogP contribution >= 0.6 is 11.8 Å². The molecule has 0 radical (unpaired) electrons. The number of rotatable bonds is 3. The lowest BCUT2D eigenvalue weighted by atomic mass is 10.3. The third-order valence-electron chi connectivity index (χ3n) is 2.76. The first-order chi connectivity index (χ1) is 13.8. The number of carbonyl (C=O) groups excluding carboxylic acids is 1. The van der Waals surface area contributed by atoms with E-state index in [0.717, 1.165) is 4.90 Å². The predicted molar refractivity (Wildman–Crippen MR) is 90.5 cm³/mol. The molecular formula is C17H19N3OS. The number of benzene rings is 2. The fourth-order valence-corrected chi connectivity index (χ4v) is 2.70. The van der Waals surface area contributed by atoms with Crippen molar-refractivity contribution in [1.29, 1.82) is 0 Å². The monoisotopic (exact) mass is 321 g/mol. The van der Waals surface area contributed by atoms with Gasteiger partial charge in [0.05, 0.1) is 11.2 Å². The fourth-order valence-electron chi connectivity index (χ4n) is 1.77. The van der Waals surface area contributed by atoms with Crippen LogP contribution in [0.2, 0.25) is 0 Å². The molecule has 2 aromatic rings. The highest BCUT2D eigenvalue weighted by Crippen LogP contribution is 2.33. The van der Waals surface area contributed by atoms with Crippen molar-refractivity contribution in [3.05, 3.63) is 54.6 Å². The minimum Gasteiger partial charge on any atom is -0.322 e. The van der Waals surface area contributed by atoms with Crippen molar-refractivity contribution in [2.75, 3.05) is 31.3 Å². The molecule has 0 atom stereocenters. The van der Waals surface area contributed by atoms with Gasteiger partial charge in [-0.25, -0.2) is 4.79 Å². The van der Waals surface area contributed by atoms with Crippen molar-refractivity contribution in [3.8, 4) is 0 Å². The Labute approximate surface area is 146 Å². The van der Waals surface area contributed by atoms with E-state index in [9.17, 15) is 4.79 Å². The molecule has 0 saturated carbocycles. The Balaban J connectivity index is 1.95. The molecule has 2 amide bonds. The summed E-state index contributed by atoms with van der Waals surface area (Å²) in [6.07, 6.45) is 0. The van der Waals surface area contributed by atoms with Crippen molar-refractivity contribution >= 4 is 23.5 Å². The van der Waals surface area contributed by atoms with Crippen LogP contribution in [0.1, 0.15) is 11.0 Å². The quantitative estimate of drug-likeness (QED) is 0.912. The molecule has 0 aromatic heterocycles. The van der Waals surface area contributed by atoms with Gasteiger partial charge in [-0.2, -0.15) is 0 Å². The molecule has 1 fully saturated rings. The summed E-state index contributed by atoms with van der Waals surface area (Å²) in [6, 6.07) is 14.6. The molecule has 22 heavy (non-hydrogen) atoms. The van der Waals surface area contributed by atoms with Crippen LogP contribution in [0, 0.1) is 0 Å². The molecule has 114 valence electrons. The van der Waals surface area contributed by atoms with E-state index in [2.05, 4.69) is 5.32 Å². The zero-order valence-electron chi connectivity index (χ0n) is 19.5. The number of amides is 2. The molecule has 4 nitrogen and oxygen atoms in total. The summed E-state index contributed by atoms with van der Waals surface area (Å²) in [5.74, 6) is 0. The minimum atomic E-state index is -3.19. The van der Waals surface area contributed by atoms with Gasteiger partial charge < -0.3 is 15.5 Å². The second-order valence-electron chi connectivity index (χ2n) is 4.28. The number of nitrogens with one attached hydrogen (secondary N) is 2. The van der Waals surface area contributed by atoms with Gasteiger partial charge in [-0.3, -0.25) is 0 Å². The number of para-hydroxylation sites is 1. The van der Waals surface area contributed by atoms with Gasteiger partial charge in [-0.1, -0.05) is 42.1 Å². The van der Waals surface area contributed by atoms with E-state index >= 15 is 0 Å². The average Bonchev–Trinajstić information content (AvgIpc) is 2.62. The summed E-state index contributed by atoms with van der Waals surface area (Å²) in [4.78, 5) is 14.4. The Morgan fingerprint density at radius 3 is 2.55 bits per heavy atom. The molecule has 2 aromatic carbocycles. The van der Waals surface area contributed by atoms with Gasteiger partial charge in [-0.05, 0) is 24.3 Å². The van der Waals surface area contributed by atoms with E-state index < -0.39 is 32.0 Å². The number of anilines is 1. The molecular weight excluding hydrogens is 294 g/mol. The van der Waals surface area contributed by atoms with E-state index in [0.29, 0.717) is 4.90 Å². The van der Waals surface area contributed by atoms with Crippen molar-refractivity contribution in [2.24, 2.45) is 0 Å². The summed E-state index contributed by atoms with van der Waals surface area (Å²) in [6.45, 7) is -12.5. The van der Waals surface area contributed by atoms with E-state index in [1.54, 1.807) is 29.6 Å². The van der Waals surface area contributed by atoms with Gasteiger partial charge in [0.1, 0.15) is 0 Å². The van der Waals surface area contributed by atoms with Crippen LogP contribution in [-0.4, -0.2) is 36.9 Å². The van der Waals surface area contributed by atoms with Crippen LogP contribution in [0.4, 0.5) is 10.5 Å². The highest BCUT2D eigenvalue weighted by atomic mass is 32.2. The molecule has 1 aliphatic rings. The SMILES string of the molecule is [2H]C1([2H])NC([2H])([2H])C([2H])([2H])N(C(=O)Nc2ccccc2Sc2ccccc2)C1([2H])[2H]. The van der Waals surface area contributed by atoms with E-state index in [1.165, 1.54) is 11.8 Å². The van der Waals surface area contributed by atoms with Crippen LogP contribution in [0.3, 0.4) is 0 Å². The molecule has 0 bridgehead atoms. The smallest absolute Gasteiger partial charge is 0.321 e. The first-order valence-corrected chi connectivity index (χ1v) is 7.34. The van der Waals surface area contributed by atoms with Crippen molar-refractivity contribution in [2.45, 2.75) is 9.79 Å². The van der Waals surface area contributed by atoms with Gasteiger partial charge in [0.2, 0.25) is 0 Å². The number of carbonyl (C=O) groups is 1. The Morgan fingerprint density at radius 2 is 1.77 bits per heavy atom. The molecule has 1 heterocycles. The highest BCUT2D eigenvalue weighted by molar-refractivity contribution is 7.99. The normalized spacial score (nSPS) is 29.2. The van der Waals surface area contributed by atoms with Crippen LogP contribution < -0.4 is 10.6 Å². The minimum absolute atomic E-state index is 0.0551. The predicted octanol–water partition coefficient (Wildman–Crippen LogP) is 3.27. The Bertz CT molecular complexity index is 916. The first kappa shape index (κ1) is 8.04. The number of nitrogens with zero attached hydrogens (tertiary/aromatic N) is 1. The maximum Gasteiger partial charge on any atom is 0.321 e.